The van der Waals surface area contributed by atoms with Gasteiger partial charge in [0.05, 0.1) is 6.54 Å². The Labute approximate surface area is 120 Å². The van der Waals surface area contributed by atoms with Crippen LogP contribution < -0.4 is 10.6 Å². The van der Waals surface area contributed by atoms with E-state index in [1.165, 1.54) is 11.1 Å². The summed E-state index contributed by atoms with van der Waals surface area (Å²) in [6.45, 7) is 4.94. The summed E-state index contributed by atoms with van der Waals surface area (Å²) in [6.07, 6.45) is 0. The van der Waals surface area contributed by atoms with Crippen molar-refractivity contribution in [1.82, 2.24) is 5.32 Å². The molecule has 20 heavy (non-hydrogen) atoms. The van der Waals surface area contributed by atoms with Crippen LogP contribution in [0, 0.1) is 13.8 Å². The van der Waals surface area contributed by atoms with Crippen molar-refractivity contribution in [3.8, 4) is 0 Å². The van der Waals surface area contributed by atoms with Crippen LogP contribution in [0.2, 0.25) is 0 Å². The summed E-state index contributed by atoms with van der Waals surface area (Å²) in [5, 5.41) is 6.05. The topological polar surface area (TPSA) is 41.1 Å². The number of amides is 1. The molecule has 2 N–H and O–H groups in total. The average Bonchev–Trinajstić information content (AvgIpc) is 2.44. The minimum absolute atomic E-state index is 0.00485. The predicted molar refractivity (Wildman–Crippen MR) is 82.7 cm³/mol. The molecule has 2 aromatic carbocycles. The van der Waals surface area contributed by atoms with E-state index in [1.807, 2.05) is 62.4 Å². The third-order valence-electron chi connectivity index (χ3n) is 3.21. The van der Waals surface area contributed by atoms with Crippen molar-refractivity contribution in [3.05, 3.63) is 65.2 Å². The molecule has 2 rings (SSSR count). The summed E-state index contributed by atoms with van der Waals surface area (Å²) in [4.78, 5) is 11.8. The number of hydrogen-bond donors (Lipinski definition) is 2. The van der Waals surface area contributed by atoms with E-state index in [2.05, 4.69) is 10.6 Å². The van der Waals surface area contributed by atoms with E-state index in [0.717, 1.165) is 11.3 Å². The maximum absolute atomic E-state index is 11.8. The summed E-state index contributed by atoms with van der Waals surface area (Å²) in [5.74, 6) is -0.00485. The van der Waals surface area contributed by atoms with Gasteiger partial charge in [-0.1, -0.05) is 36.4 Å². The predicted octanol–water partition coefficient (Wildman–Crippen LogP) is 3.03. The third kappa shape index (κ3) is 4.12. The molecule has 0 aromatic heterocycles. The van der Waals surface area contributed by atoms with Crippen LogP contribution in [0.25, 0.3) is 0 Å². The van der Waals surface area contributed by atoms with Crippen molar-refractivity contribution in [2.75, 3.05) is 11.9 Å². The zero-order valence-electron chi connectivity index (χ0n) is 11.9. The van der Waals surface area contributed by atoms with Crippen molar-refractivity contribution >= 4 is 11.6 Å². The van der Waals surface area contributed by atoms with E-state index >= 15 is 0 Å². The van der Waals surface area contributed by atoms with E-state index in [1.54, 1.807) is 0 Å². The Morgan fingerprint density at radius 1 is 1.05 bits per heavy atom. The molecule has 0 spiro atoms. The first-order valence-electron chi connectivity index (χ1n) is 6.77. The van der Waals surface area contributed by atoms with E-state index in [4.69, 9.17) is 0 Å². The number of anilines is 1. The number of nitrogens with one attached hydrogen (secondary N) is 2. The molecule has 2 aromatic rings. The molecule has 104 valence electrons. The molecule has 0 aliphatic carbocycles. The fraction of sp³-hybridized carbons (Fsp3) is 0.235. The van der Waals surface area contributed by atoms with Crippen LogP contribution in [0.3, 0.4) is 0 Å². The van der Waals surface area contributed by atoms with Gasteiger partial charge in [-0.25, -0.2) is 0 Å². The first kappa shape index (κ1) is 14.1. The lowest BCUT2D eigenvalue weighted by Gasteiger charge is -2.09. The van der Waals surface area contributed by atoms with Crippen molar-refractivity contribution in [1.29, 1.82) is 0 Å². The lowest BCUT2D eigenvalue weighted by Crippen LogP contribution is -2.29. The van der Waals surface area contributed by atoms with E-state index in [9.17, 15) is 4.79 Å². The monoisotopic (exact) mass is 268 g/mol. The van der Waals surface area contributed by atoms with Crippen molar-refractivity contribution in [3.63, 3.8) is 0 Å². The molecule has 0 saturated carbocycles. The van der Waals surface area contributed by atoms with Crippen LogP contribution in [0.5, 0.6) is 0 Å². The van der Waals surface area contributed by atoms with Gasteiger partial charge >= 0.3 is 0 Å². The standard InChI is InChI=1S/C17H20N2O/c1-13-6-5-9-16(10-13)18-12-17(20)19-11-15-8-4-3-7-14(15)2/h3-10,18H,11-12H2,1-2H3,(H,19,20). The number of benzene rings is 2. The lowest BCUT2D eigenvalue weighted by molar-refractivity contribution is -0.119. The molecule has 0 radical (unpaired) electrons. The van der Waals surface area contributed by atoms with Gasteiger partial charge in [-0.3, -0.25) is 4.79 Å². The van der Waals surface area contributed by atoms with Crippen LogP contribution in [-0.4, -0.2) is 12.5 Å². The molecular formula is C17H20N2O. The van der Waals surface area contributed by atoms with Crippen LogP contribution in [-0.2, 0) is 11.3 Å². The summed E-state index contributed by atoms with van der Waals surface area (Å²) in [7, 11) is 0. The maximum atomic E-state index is 11.8. The Morgan fingerprint density at radius 2 is 1.85 bits per heavy atom. The van der Waals surface area contributed by atoms with E-state index in [0.29, 0.717) is 6.54 Å². The molecule has 0 atom stereocenters. The smallest absolute Gasteiger partial charge is 0.239 e. The summed E-state index contributed by atoms with van der Waals surface area (Å²) in [5.41, 5.74) is 4.49. The molecule has 0 heterocycles. The van der Waals surface area contributed by atoms with Gasteiger partial charge in [-0.15, -0.1) is 0 Å². The second kappa shape index (κ2) is 6.75. The normalized spacial score (nSPS) is 10.1. The molecule has 0 fully saturated rings. The number of carbonyl (C=O) groups excluding carboxylic acids is 1. The second-order valence-corrected chi connectivity index (χ2v) is 4.93. The first-order chi connectivity index (χ1) is 9.65. The maximum Gasteiger partial charge on any atom is 0.239 e. The number of aryl methyl sites for hydroxylation is 2. The highest BCUT2D eigenvalue weighted by Gasteiger charge is 2.02. The van der Waals surface area contributed by atoms with Crippen LogP contribution >= 0.6 is 0 Å². The molecule has 3 heteroatoms. The first-order valence-corrected chi connectivity index (χ1v) is 6.77. The second-order valence-electron chi connectivity index (χ2n) is 4.93. The van der Waals surface area contributed by atoms with E-state index in [-0.39, 0.29) is 12.5 Å². The Kier molecular flexibility index (Phi) is 4.77. The van der Waals surface area contributed by atoms with Gasteiger partial charge in [-0.2, -0.15) is 0 Å². The van der Waals surface area contributed by atoms with Gasteiger partial charge in [0.15, 0.2) is 0 Å². The average molecular weight is 268 g/mol. The Morgan fingerprint density at radius 3 is 2.60 bits per heavy atom. The third-order valence-corrected chi connectivity index (χ3v) is 3.21. The lowest BCUT2D eigenvalue weighted by atomic mass is 10.1. The van der Waals surface area contributed by atoms with Crippen molar-refractivity contribution in [2.45, 2.75) is 20.4 Å². The molecule has 0 saturated heterocycles. The molecule has 3 nitrogen and oxygen atoms in total. The minimum Gasteiger partial charge on any atom is -0.376 e. The van der Waals surface area contributed by atoms with Gasteiger partial charge in [0.1, 0.15) is 0 Å². The minimum atomic E-state index is -0.00485. The van der Waals surface area contributed by atoms with Crippen molar-refractivity contribution in [2.24, 2.45) is 0 Å². The zero-order chi connectivity index (χ0) is 14.4. The summed E-state index contributed by atoms with van der Waals surface area (Å²) >= 11 is 0. The largest absolute Gasteiger partial charge is 0.376 e. The van der Waals surface area contributed by atoms with Gasteiger partial charge in [0.2, 0.25) is 5.91 Å². The molecule has 0 aliphatic rings. The Balaban J connectivity index is 1.80. The van der Waals surface area contributed by atoms with Crippen LogP contribution in [0.1, 0.15) is 16.7 Å². The number of carbonyl (C=O) groups is 1. The zero-order valence-corrected chi connectivity index (χ0v) is 11.9. The SMILES string of the molecule is Cc1cccc(NCC(=O)NCc2ccccc2C)c1. The Hall–Kier alpha value is -2.29. The highest BCUT2D eigenvalue weighted by Crippen LogP contribution is 2.09. The molecule has 0 bridgehead atoms. The van der Waals surface area contributed by atoms with Gasteiger partial charge < -0.3 is 10.6 Å². The van der Waals surface area contributed by atoms with Gasteiger partial charge in [0, 0.05) is 12.2 Å². The summed E-state index contributed by atoms with van der Waals surface area (Å²) < 4.78 is 0. The van der Waals surface area contributed by atoms with Crippen molar-refractivity contribution < 1.29 is 4.79 Å². The fourth-order valence-electron chi connectivity index (χ4n) is 2.00. The highest BCUT2D eigenvalue weighted by atomic mass is 16.1. The number of hydrogen-bond acceptors (Lipinski definition) is 2. The highest BCUT2D eigenvalue weighted by molar-refractivity contribution is 5.80. The summed E-state index contributed by atoms with van der Waals surface area (Å²) in [6, 6.07) is 16.1. The van der Waals surface area contributed by atoms with Crippen LogP contribution in [0.4, 0.5) is 5.69 Å². The van der Waals surface area contributed by atoms with E-state index < -0.39 is 0 Å². The van der Waals surface area contributed by atoms with Gasteiger partial charge in [-0.05, 0) is 42.7 Å². The molecule has 0 aliphatic heterocycles. The van der Waals surface area contributed by atoms with Crippen LogP contribution in [0.15, 0.2) is 48.5 Å². The Bertz CT molecular complexity index is 593. The van der Waals surface area contributed by atoms with Gasteiger partial charge in [0.25, 0.3) is 0 Å². The molecule has 0 unspecified atom stereocenters. The molecule has 1 amide bonds. The quantitative estimate of drug-likeness (QED) is 0.875. The fourth-order valence-corrected chi connectivity index (χ4v) is 2.00. The molecular weight excluding hydrogens is 248 g/mol. The number of rotatable bonds is 5.